The van der Waals surface area contributed by atoms with Crippen molar-refractivity contribution in [1.29, 1.82) is 0 Å². The van der Waals surface area contributed by atoms with Crippen LogP contribution in [0, 0.1) is 5.82 Å². The Kier molecular flexibility index (Phi) is 9.47. The number of alkyl halides is 3. The summed E-state index contributed by atoms with van der Waals surface area (Å²) in [5.74, 6) is -1.80. The van der Waals surface area contributed by atoms with Gasteiger partial charge < -0.3 is 10.2 Å². The average Bonchev–Trinajstić information content (AvgIpc) is 2.76. The summed E-state index contributed by atoms with van der Waals surface area (Å²) in [5, 5.41) is 2.71. The van der Waals surface area contributed by atoms with Gasteiger partial charge in [0.15, 0.2) is 0 Å². The minimum atomic E-state index is -4.72. The molecule has 0 bridgehead atoms. The molecule has 0 heterocycles. The summed E-state index contributed by atoms with van der Waals surface area (Å²) in [4.78, 5) is 27.5. The highest BCUT2D eigenvalue weighted by Gasteiger charge is 2.34. The zero-order chi connectivity index (χ0) is 27.3. The molecule has 0 aliphatic carbocycles. The van der Waals surface area contributed by atoms with Gasteiger partial charge in [-0.2, -0.15) is 13.2 Å². The van der Waals surface area contributed by atoms with E-state index in [0.29, 0.717) is 15.9 Å². The summed E-state index contributed by atoms with van der Waals surface area (Å²) in [6.07, 6.45) is -3.78. The molecule has 1 atom stereocenters. The van der Waals surface area contributed by atoms with Crippen LogP contribution < -0.4 is 9.62 Å². The van der Waals surface area contributed by atoms with E-state index in [-0.39, 0.29) is 24.7 Å². The van der Waals surface area contributed by atoms with Gasteiger partial charge in [0.1, 0.15) is 18.4 Å². The van der Waals surface area contributed by atoms with E-state index in [4.69, 9.17) is 0 Å². The molecule has 2 aromatic carbocycles. The Morgan fingerprint density at radius 1 is 1.06 bits per heavy atom. The first-order valence-electron chi connectivity index (χ1n) is 11.1. The predicted molar refractivity (Wildman–Crippen MR) is 128 cm³/mol. The van der Waals surface area contributed by atoms with Crippen LogP contribution in [0.1, 0.15) is 38.3 Å². The van der Waals surface area contributed by atoms with Crippen LogP contribution in [0.2, 0.25) is 0 Å². The Labute approximate surface area is 208 Å². The highest BCUT2D eigenvalue weighted by molar-refractivity contribution is 7.92. The van der Waals surface area contributed by atoms with E-state index < -0.39 is 52.0 Å². The number of halogens is 4. The Balaban J connectivity index is 2.48. The third kappa shape index (κ3) is 7.94. The third-order valence-electron chi connectivity index (χ3n) is 5.22. The van der Waals surface area contributed by atoms with E-state index in [1.54, 1.807) is 20.8 Å². The van der Waals surface area contributed by atoms with Gasteiger partial charge in [0, 0.05) is 12.6 Å². The van der Waals surface area contributed by atoms with E-state index in [9.17, 15) is 35.6 Å². The fraction of sp³-hybridized carbons (Fsp3) is 0.417. The number of carbonyl (C=O) groups is 2. The predicted octanol–water partition coefficient (Wildman–Crippen LogP) is 3.94. The molecule has 0 aliphatic rings. The third-order valence-corrected chi connectivity index (χ3v) is 6.36. The molecule has 0 aliphatic heterocycles. The van der Waals surface area contributed by atoms with Crippen LogP contribution in [0.5, 0.6) is 0 Å². The minimum absolute atomic E-state index is 0.149. The van der Waals surface area contributed by atoms with Crippen LogP contribution >= 0.6 is 0 Å². The summed E-state index contributed by atoms with van der Waals surface area (Å²) < 4.78 is 78.6. The van der Waals surface area contributed by atoms with Gasteiger partial charge in [-0.3, -0.25) is 13.9 Å². The monoisotopic (exact) mass is 531 g/mol. The first-order chi connectivity index (χ1) is 16.6. The molecule has 7 nitrogen and oxygen atoms in total. The number of hydrogen-bond donors (Lipinski definition) is 1. The largest absolute Gasteiger partial charge is 0.416 e. The Morgan fingerprint density at radius 3 is 2.17 bits per heavy atom. The van der Waals surface area contributed by atoms with Gasteiger partial charge in [-0.15, -0.1) is 0 Å². The van der Waals surface area contributed by atoms with Crippen LogP contribution in [0.4, 0.5) is 23.2 Å². The van der Waals surface area contributed by atoms with E-state index in [1.165, 1.54) is 24.3 Å². The van der Waals surface area contributed by atoms with Crippen molar-refractivity contribution in [3.63, 3.8) is 0 Å². The molecule has 2 amide bonds. The van der Waals surface area contributed by atoms with Gasteiger partial charge in [0.05, 0.1) is 17.5 Å². The molecule has 0 fully saturated rings. The van der Waals surface area contributed by atoms with Crippen molar-refractivity contribution >= 4 is 27.5 Å². The van der Waals surface area contributed by atoms with Crippen molar-refractivity contribution in [2.45, 2.75) is 52.0 Å². The second-order valence-electron chi connectivity index (χ2n) is 8.55. The van der Waals surface area contributed by atoms with Crippen molar-refractivity contribution < 1.29 is 35.6 Å². The topological polar surface area (TPSA) is 86.8 Å². The first-order valence-corrected chi connectivity index (χ1v) is 13.0. The number of rotatable bonds is 10. The summed E-state index contributed by atoms with van der Waals surface area (Å²) in [6.45, 7) is 4.14. The average molecular weight is 532 g/mol. The molecule has 12 heteroatoms. The van der Waals surface area contributed by atoms with E-state index in [0.717, 1.165) is 29.4 Å². The molecule has 0 spiro atoms. The number of hydrogen-bond acceptors (Lipinski definition) is 4. The lowest BCUT2D eigenvalue weighted by molar-refractivity contribution is -0.140. The molecule has 1 N–H and O–H groups in total. The van der Waals surface area contributed by atoms with Crippen molar-refractivity contribution in [3.8, 4) is 0 Å². The minimum Gasteiger partial charge on any atom is -0.352 e. The number of amides is 2. The molecule has 0 saturated carbocycles. The van der Waals surface area contributed by atoms with Gasteiger partial charge in [-0.1, -0.05) is 25.1 Å². The van der Waals surface area contributed by atoms with Crippen molar-refractivity contribution in [1.82, 2.24) is 10.2 Å². The van der Waals surface area contributed by atoms with Crippen LogP contribution in [-0.4, -0.2) is 50.0 Å². The molecule has 2 aromatic rings. The number of benzene rings is 2. The highest BCUT2D eigenvalue weighted by atomic mass is 32.2. The molecule has 36 heavy (non-hydrogen) atoms. The fourth-order valence-electron chi connectivity index (χ4n) is 3.54. The Bertz CT molecular complexity index is 1170. The van der Waals surface area contributed by atoms with E-state index in [2.05, 4.69) is 5.32 Å². The Morgan fingerprint density at radius 2 is 1.67 bits per heavy atom. The second kappa shape index (κ2) is 11.7. The lowest BCUT2D eigenvalue weighted by atomic mass is 10.1. The number of nitrogens with zero attached hydrogens (tertiary/aromatic N) is 2. The maximum absolute atomic E-state index is 13.5. The van der Waals surface area contributed by atoms with Crippen LogP contribution in [0.25, 0.3) is 0 Å². The lowest BCUT2D eigenvalue weighted by Crippen LogP contribution is -2.53. The molecule has 0 saturated heterocycles. The normalized spacial score (nSPS) is 12.8. The number of anilines is 1. The van der Waals surface area contributed by atoms with Gasteiger partial charge in [-0.05, 0) is 56.2 Å². The molecule has 0 radical (unpaired) electrons. The van der Waals surface area contributed by atoms with Gasteiger partial charge in [-0.25, -0.2) is 12.8 Å². The second-order valence-corrected chi connectivity index (χ2v) is 10.5. The maximum Gasteiger partial charge on any atom is 0.416 e. The van der Waals surface area contributed by atoms with Gasteiger partial charge in [0.25, 0.3) is 0 Å². The van der Waals surface area contributed by atoms with Crippen LogP contribution in [0.15, 0.2) is 48.5 Å². The standard InChI is InChI=1S/C24H29F4N3O4S/c1-5-21(23(33)29-16(2)3)30(14-17-9-11-19(25)12-10-17)22(32)15-31(36(4,34)35)20-8-6-7-18(13-20)24(26,27)28/h6-13,16,21H,5,14-15H2,1-4H3,(H,29,33)/t21-/m0/s1. The van der Waals surface area contributed by atoms with Crippen LogP contribution in [0.3, 0.4) is 0 Å². The van der Waals surface area contributed by atoms with E-state index >= 15 is 0 Å². The van der Waals surface area contributed by atoms with Crippen LogP contribution in [-0.2, 0) is 32.3 Å². The maximum atomic E-state index is 13.5. The molecular weight excluding hydrogens is 502 g/mol. The fourth-order valence-corrected chi connectivity index (χ4v) is 4.38. The Hall–Kier alpha value is -3.15. The molecule has 0 unspecified atom stereocenters. The summed E-state index contributed by atoms with van der Waals surface area (Å²) in [6, 6.07) is 7.57. The van der Waals surface area contributed by atoms with Crippen molar-refractivity contribution in [2.24, 2.45) is 0 Å². The van der Waals surface area contributed by atoms with Crippen molar-refractivity contribution in [3.05, 3.63) is 65.5 Å². The lowest BCUT2D eigenvalue weighted by Gasteiger charge is -2.33. The molecule has 198 valence electrons. The summed E-state index contributed by atoms with van der Waals surface area (Å²) in [7, 11) is -4.19. The molecular formula is C24H29F4N3O4S. The smallest absolute Gasteiger partial charge is 0.352 e. The zero-order valence-corrected chi connectivity index (χ0v) is 21.2. The number of carbonyl (C=O) groups excluding carboxylic acids is 2. The number of sulfonamides is 1. The van der Waals surface area contributed by atoms with Crippen molar-refractivity contribution in [2.75, 3.05) is 17.1 Å². The highest BCUT2D eigenvalue weighted by Crippen LogP contribution is 2.32. The molecule has 2 rings (SSSR count). The SMILES string of the molecule is CC[C@@H](C(=O)NC(C)C)N(Cc1ccc(F)cc1)C(=O)CN(c1cccc(C(F)(F)F)c1)S(C)(=O)=O. The zero-order valence-electron chi connectivity index (χ0n) is 20.3. The number of nitrogens with one attached hydrogen (secondary N) is 1. The summed E-state index contributed by atoms with van der Waals surface area (Å²) >= 11 is 0. The first kappa shape index (κ1) is 29.1. The quantitative estimate of drug-likeness (QED) is 0.471. The van der Waals surface area contributed by atoms with Gasteiger partial charge >= 0.3 is 6.18 Å². The van der Waals surface area contributed by atoms with Gasteiger partial charge in [0.2, 0.25) is 21.8 Å². The molecule has 0 aromatic heterocycles. The van der Waals surface area contributed by atoms with E-state index in [1.807, 2.05) is 0 Å². The summed E-state index contributed by atoms with van der Waals surface area (Å²) in [5.41, 5.74) is -0.945.